The van der Waals surface area contributed by atoms with Crippen LogP contribution < -0.4 is 10.2 Å². The van der Waals surface area contributed by atoms with Gasteiger partial charge in [0.25, 0.3) is 5.91 Å². The molecular formula is C26H29N5O2. The van der Waals surface area contributed by atoms with Crippen molar-refractivity contribution < 1.29 is 9.59 Å². The number of aromatic nitrogens is 1. The molecule has 33 heavy (non-hydrogen) atoms. The van der Waals surface area contributed by atoms with Gasteiger partial charge in [-0.2, -0.15) is 0 Å². The second-order valence-electron chi connectivity index (χ2n) is 8.17. The fourth-order valence-electron chi connectivity index (χ4n) is 3.94. The van der Waals surface area contributed by atoms with Gasteiger partial charge < -0.3 is 20.0 Å². The van der Waals surface area contributed by atoms with Crippen LogP contribution in [0.2, 0.25) is 0 Å². The summed E-state index contributed by atoms with van der Waals surface area (Å²) >= 11 is 0. The van der Waals surface area contributed by atoms with E-state index in [-0.39, 0.29) is 18.0 Å². The van der Waals surface area contributed by atoms with Crippen molar-refractivity contribution >= 4 is 23.3 Å². The van der Waals surface area contributed by atoms with E-state index < -0.39 is 0 Å². The number of carbonyl (C=O) groups is 2. The number of nitrogens with one attached hydrogen (secondary N) is 1. The first kappa shape index (κ1) is 22.3. The predicted molar refractivity (Wildman–Crippen MR) is 130 cm³/mol. The summed E-state index contributed by atoms with van der Waals surface area (Å²) < 4.78 is 0. The highest BCUT2D eigenvalue weighted by atomic mass is 16.2. The first-order valence-corrected chi connectivity index (χ1v) is 11.2. The van der Waals surface area contributed by atoms with Gasteiger partial charge in [0.2, 0.25) is 0 Å². The van der Waals surface area contributed by atoms with Gasteiger partial charge in [0.05, 0.1) is 6.04 Å². The highest BCUT2D eigenvalue weighted by Crippen LogP contribution is 2.23. The van der Waals surface area contributed by atoms with Gasteiger partial charge in [0.15, 0.2) is 0 Å². The Morgan fingerprint density at radius 2 is 1.42 bits per heavy atom. The van der Waals surface area contributed by atoms with Gasteiger partial charge in [-0.1, -0.05) is 30.3 Å². The van der Waals surface area contributed by atoms with Gasteiger partial charge >= 0.3 is 6.03 Å². The van der Waals surface area contributed by atoms with Crippen LogP contribution in [0, 0.1) is 0 Å². The molecule has 3 amide bonds. The molecule has 2 heterocycles. The highest BCUT2D eigenvalue weighted by Gasteiger charge is 2.25. The number of rotatable bonds is 5. The molecule has 170 valence electrons. The largest absolute Gasteiger partial charge is 0.345 e. The van der Waals surface area contributed by atoms with E-state index in [1.165, 1.54) is 0 Å². The molecule has 0 spiro atoms. The minimum Gasteiger partial charge on any atom is -0.345 e. The van der Waals surface area contributed by atoms with E-state index in [1.807, 2.05) is 90.5 Å². The fourth-order valence-corrected chi connectivity index (χ4v) is 3.94. The second kappa shape index (κ2) is 10.2. The zero-order valence-electron chi connectivity index (χ0n) is 19.0. The Kier molecular flexibility index (Phi) is 6.88. The van der Waals surface area contributed by atoms with Crippen molar-refractivity contribution in [2.24, 2.45) is 0 Å². The third-order valence-electron chi connectivity index (χ3n) is 6.05. The molecule has 1 fully saturated rings. The van der Waals surface area contributed by atoms with Gasteiger partial charge in [-0.15, -0.1) is 0 Å². The topological polar surface area (TPSA) is 68.8 Å². The summed E-state index contributed by atoms with van der Waals surface area (Å²) in [5, 5.41) is 3.05. The molecular weight excluding hydrogens is 414 g/mol. The minimum absolute atomic E-state index is 0.00849. The molecule has 2 aromatic carbocycles. The van der Waals surface area contributed by atoms with Crippen LogP contribution in [0.25, 0.3) is 0 Å². The number of amides is 3. The molecule has 0 bridgehead atoms. The van der Waals surface area contributed by atoms with E-state index >= 15 is 0 Å². The predicted octanol–water partition coefficient (Wildman–Crippen LogP) is 4.08. The van der Waals surface area contributed by atoms with Crippen LogP contribution in [0.4, 0.5) is 16.2 Å². The Balaban J connectivity index is 1.30. The molecule has 1 aliphatic rings. The quantitative estimate of drug-likeness (QED) is 0.645. The maximum absolute atomic E-state index is 13.0. The zero-order chi connectivity index (χ0) is 23.2. The molecule has 1 atom stereocenters. The van der Waals surface area contributed by atoms with E-state index in [0.717, 1.165) is 16.9 Å². The van der Waals surface area contributed by atoms with Gasteiger partial charge in [-0.25, -0.2) is 4.79 Å². The first-order valence-electron chi connectivity index (χ1n) is 11.2. The number of anilines is 2. The third kappa shape index (κ3) is 5.31. The Labute approximate surface area is 194 Å². The summed E-state index contributed by atoms with van der Waals surface area (Å²) in [5.41, 5.74) is 3.74. The normalized spacial score (nSPS) is 14.5. The van der Waals surface area contributed by atoms with Gasteiger partial charge in [-0.05, 0) is 48.9 Å². The Hall–Kier alpha value is -3.87. The zero-order valence-corrected chi connectivity index (χ0v) is 19.0. The van der Waals surface area contributed by atoms with Crippen molar-refractivity contribution in [3.8, 4) is 0 Å². The van der Waals surface area contributed by atoms with Crippen molar-refractivity contribution in [1.82, 2.24) is 20.1 Å². The van der Waals surface area contributed by atoms with Crippen molar-refractivity contribution in [2.45, 2.75) is 13.0 Å². The lowest BCUT2D eigenvalue weighted by Gasteiger charge is -2.35. The number of hydrogen-bond donors (Lipinski definition) is 1. The maximum Gasteiger partial charge on any atom is 0.317 e. The average molecular weight is 444 g/mol. The van der Waals surface area contributed by atoms with Crippen LogP contribution >= 0.6 is 0 Å². The van der Waals surface area contributed by atoms with Crippen molar-refractivity contribution in [1.29, 1.82) is 0 Å². The average Bonchev–Trinajstić information content (AvgIpc) is 2.89. The molecule has 7 nitrogen and oxygen atoms in total. The van der Waals surface area contributed by atoms with Crippen LogP contribution in [0.1, 0.15) is 28.9 Å². The Morgan fingerprint density at radius 1 is 0.848 bits per heavy atom. The van der Waals surface area contributed by atoms with Gasteiger partial charge in [0, 0.05) is 62.6 Å². The van der Waals surface area contributed by atoms with Gasteiger partial charge in [-0.3, -0.25) is 9.78 Å². The molecule has 3 aromatic rings. The number of piperazine rings is 1. The third-order valence-corrected chi connectivity index (χ3v) is 6.05. The van der Waals surface area contributed by atoms with E-state index in [0.29, 0.717) is 31.7 Å². The highest BCUT2D eigenvalue weighted by molar-refractivity contribution is 5.95. The summed E-state index contributed by atoms with van der Waals surface area (Å²) in [6, 6.07) is 21.2. The molecule has 0 aliphatic carbocycles. The molecule has 1 N–H and O–H groups in total. The molecule has 7 heteroatoms. The Morgan fingerprint density at radius 3 is 2.06 bits per heavy atom. The van der Waals surface area contributed by atoms with Crippen molar-refractivity contribution in [3.05, 3.63) is 90.3 Å². The van der Waals surface area contributed by atoms with E-state index in [1.54, 1.807) is 17.3 Å². The lowest BCUT2D eigenvalue weighted by atomic mass is 10.1. The number of nitrogens with zero attached hydrogens (tertiary/aromatic N) is 4. The molecule has 1 saturated heterocycles. The van der Waals surface area contributed by atoms with E-state index in [2.05, 4.69) is 10.3 Å². The summed E-state index contributed by atoms with van der Waals surface area (Å²) in [4.78, 5) is 35.3. The van der Waals surface area contributed by atoms with E-state index in [9.17, 15) is 9.59 Å². The van der Waals surface area contributed by atoms with Crippen LogP contribution in [0.3, 0.4) is 0 Å². The number of urea groups is 1. The van der Waals surface area contributed by atoms with E-state index in [4.69, 9.17) is 0 Å². The van der Waals surface area contributed by atoms with Crippen LogP contribution in [0.15, 0.2) is 79.1 Å². The van der Waals surface area contributed by atoms with Crippen LogP contribution in [-0.2, 0) is 0 Å². The lowest BCUT2D eigenvalue weighted by Crippen LogP contribution is -2.53. The fraction of sp³-hybridized carbons (Fsp3) is 0.269. The van der Waals surface area contributed by atoms with Gasteiger partial charge in [0.1, 0.15) is 0 Å². The maximum atomic E-state index is 13.0. The Bertz CT molecular complexity index is 1060. The summed E-state index contributed by atoms with van der Waals surface area (Å²) in [6.07, 6.45) is 3.51. The summed E-state index contributed by atoms with van der Waals surface area (Å²) in [5.74, 6) is -0.00849. The summed E-state index contributed by atoms with van der Waals surface area (Å²) in [6.45, 7) is 4.04. The van der Waals surface area contributed by atoms with Crippen molar-refractivity contribution in [2.75, 3.05) is 38.1 Å². The van der Waals surface area contributed by atoms with Crippen LogP contribution in [0.5, 0.6) is 0 Å². The summed E-state index contributed by atoms with van der Waals surface area (Å²) in [7, 11) is 1.98. The molecule has 1 aliphatic heterocycles. The van der Waals surface area contributed by atoms with Crippen molar-refractivity contribution in [3.63, 3.8) is 0 Å². The number of carbonyl (C=O) groups excluding carboxylic acids is 2. The SMILES string of the molecule is C[C@@H](NC(=O)N1CCN(C(=O)c2ccc(N(C)c3ccncc3)cc2)CC1)c1ccccc1. The number of hydrogen-bond acceptors (Lipinski definition) is 4. The molecule has 0 radical (unpaired) electrons. The first-order chi connectivity index (χ1) is 16.0. The second-order valence-corrected chi connectivity index (χ2v) is 8.17. The molecule has 4 rings (SSSR count). The lowest BCUT2D eigenvalue weighted by molar-refractivity contribution is 0.0663. The number of benzene rings is 2. The molecule has 0 saturated carbocycles. The standard InChI is InChI=1S/C26H29N5O2/c1-20(21-6-4-3-5-7-21)28-26(33)31-18-16-30(17-19-31)25(32)22-8-10-23(11-9-22)29(2)24-12-14-27-15-13-24/h3-15,20H,16-19H2,1-2H3,(H,28,33)/t20-/m1/s1. The number of pyridine rings is 1. The van der Waals surface area contributed by atoms with Crippen LogP contribution in [-0.4, -0.2) is 59.9 Å². The molecule has 0 unspecified atom stereocenters. The molecule has 1 aromatic heterocycles. The monoisotopic (exact) mass is 443 g/mol. The minimum atomic E-state index is -0.0954. The smallest absolute Gasteiger partial charge is 0.317 e.